The molecule has 0 heterocycles. The third-order valence-electron chi connectivity index (χ3n) is 4.23. The van der Waals surface area contributed by atoms with Crippen LogP contribution in [0.25, 0.3) is 0 Å². The predicted octanol–water partition coefficient (Wildman–Crippen LogP) is 4.11. The highest BCUT2D eigenvalue weighted by Gasteiger charge is 2.35. The molecule has 2 N–H and O–H groups in total. The Balaban J connectivity index is 2.41. The van der Waals surface area contributed by atoms with Crippen LogP contribution in [0.15, 0.2) is 0 Å². The molecule has 1 aliphatic rings. The molecule has 0 amide bonds. The first kappa shape index (κ1) is 13.0. The molecule has 1 saturated carbocycles. The molecule has 1 fully saturated rings. The summed E-state index contributed by atoms with van der Waals surface area (Å²) in [6.07, 6.45) is 8.98. The standard InChI is InChI=1S/C14H29N/c1-5-6-9-14(15)10-7-12(8-11-14)13(2,3)4/h12H,5-11,15H2,1-4H3. The number of rotatable bonds is 3. The molecule has 0 atom stereocenters. The van der Waals surface area contributed by atoms with E-state index in [-0.39, 0.29) is 5.54 Å². The van der Waals surface area contributed by atoms with Crippen LogP contribution in [-0.4, -0.2) is 5.54 Å². The smallest absolute Gasteiger partial charge is 0.0154 e. The third kappa shape index (κ3) is 3.79. The maximum atomic E-state index is 6.45. The van der Waals surface area contributed by atoms with Crippen LogP contribution >= 0.6 is 0 Å². The van der Waals surface area contributed by atoms with Crippen LogP contribution in [0.1, 0.15) is 72.6 Å². The second-order valence-corrected chi connectivity index (χ2v) is 6.61. The van der Waals surface area contributed by atoms with Crippen molar-refractivity contribution in [1.82, 2.24) is 0 Å². The highest BCUT2D eigenvalue weighted by atomic mass is 14.7. The van der Waals surface area contributed by atoms with Gasteiger partial charge in [-0.15, -0.1) is 0 Å². The Bertz CT molecular complexity index is 182. The van der Waals surface area contributed by atoms with E-state index in [9.17, 15) is 0 Å². The summed E-state index contributed by atoms with van der Waals surface area (Å²) in [5.41, 5.74) is 7.11. The lowest BCUT2D eigenvalue weighted by Crippen LogP contribution is -2.44. The van der Waals surface area contributed by atoms with Gasteiger partial charge in [0.25, 0.3) is 0 Å². The minimum atomic E-state index is 0.178. The molecule has 0 aliphatic heterocycles. The summed E-state index contributed by atoms with van der Waals surface area (Å²) >= 11 is 0. The minimum Gasteiger partial charge on any atom is -0.325 e. The van der Waals surface area contributed by atoms with Gasteiger partial charge in [-0.25, -0.2) is 0 Å². The second kappa shape index (κ2) is 4.86. The summed E-state index contributed by atoms with van der Waals surface area (Å²) in [7, 11) is 0. The van der Waals surface area contributed by atoms with Gasteiger partial charge in [0, 0.05) is 5.54 Å². The Hall–Kier alpha value is -0.0400. The van der Waals surface area contributed by atoms with Crippen molar-refractivity contribution in [2.24, 2.45) is 17.1 Å². The van der Waals surface area contributed by atoms with Crippen LogP contribution in [0.3, 0.4) is 0 Å². The van der Waals surface area contributed by atoms with E-state index < -0.39 is 0 Å². The lowest BCUT2D eigenvalue weighted by atomic mass is 9.66. The van der Waals surface area contributed by atoms with E-state index in [2.05, 4.69) is 27.7 Å². The number of unbranched alkanes of at least 4 members (excludes halogenated alkanes) is 1. The number of hydrogen-bond donors (Lipinski definition) is 1. The average Bonchev–Trinajstić information content (AvgIpc) is 2.14. The van der Waals surface area contributed by atoms with Gasteiger partial charge >= 0.3 is 0 Å². The van der Waals surface area contributed by atoms with E-state index in [1.54, 1.807) is 0 Å². The fourth-order valence-corrected chi connectivity index (χ4v) is 2.84. The van der Waals surface area contributed by atoms with Crippen molar-refractivity contribution in [2.75, 3.05) is 0 Å². The Labute approximate surface area is 95.8 Å². The van der Waals surface area contributed by atoms with Crippen LogP contribution in [-0.2, 0) is 0 Å². The maximum Gasteiger partial charge on any atom is 0.0154 e. The third-order valence-corrected chi connectivity index (χ3v) is 4.23. The zero-order valence-electron chi connectivity index (χ0n) is 11.1. The van der Waals surface area contributed by atoms with Gasteiger partial charge in [-0.2, -0.15) is 0 Å². The fraction of sp³-hybridized carbons (Fsp3) is 1.00. The van der Waals surface area contributed by atoms with Gasteiger partial charge in [-0.1, -0.05) is 40.5 Å². The number of hydrogen-bond acceptors (Lipinski definition) is 1. The SMILES string of the molecule is CCCCC1(N)CCC(C(C)(C)C)CC1. The minimum absolute atomic E-state index is 0.178. The lowest BCUT2D eigenvalue weighted by molar-refractivity contribution is 0.128. The molecule has 90 valence electrons. The summed E-state index contributed by atoms with van der Waals surface area (Å²) in [6, 6.07) is 0. The van der Waals surface area contributed by atoms with E-state index in [1.807, 2.05) is 0 Å². The van der Waals surface area contributed by atoms with Gasteiger partial charge in [0.05, 0.1) is 0 Å². The van der Waals surface area contributed by atoms with Crippen LogP contribution in [0, 0.1) is 11.3 Å². The van der Waals surface area contributed by atoms with Crippen LogP contribution in [0.4, 0.5) is 0 Å². The zero-order chi connectivity index (χ0) is 11.5. The van der Waals surface area contributed by atoms with E-state index in [4.69, 9.17) is 5.73 Å². The van der Waals surface area contributed by atoms with Crippen molar-refractivity contribution in [3.8, 4) is 0 Å². The molecular weight excluding hydrogens is 182 g/mol. The predicted molar refractivity (Wildman–Crippen MR) is 67.9 cm³/mol. The molecule has 1 nitrogen and oxygen atoms in total. The van der Waals surface area contributed by atoms with Gasteiger partial charge in [-0.05, 0) is 43.4 Å². The van der Waals surface area contributed by atoms with Crippen LogP contribution in [0.5, 0.6) is 0 Å². The Morgan fingerprint density at radius 3 is 2.13 bits per heavy atom. The molecular formula is C14H29N. The molecule has 1 aliphatic carbocycles. The Morgan fingerprint density at radius 2 is 1.73 bits per heavy atom. The van der Waals surface area contributed by atoms with E-state index >= 15 is 0 Å². The highest BCUT2D eigenvalue weighted by molar-refractivity contribution is 4.92. The first-order valence-corrected chi connectivity index (χ1v) is 6.66. The number of nitrogens with two attached hydrogens (primary N) is 1. The molecule has 0 aromatic carbocycles. The monoisotopic (exact) mass is 211 g/mol. The molecule has 0 unspecified atom stereocenters. The van der Waals surface area contributed by atoms with Gasteiger partial charge in [0.1, 0.15) is 0 Å². The molecule has 1 heteroatoms. The van der Waals surface area contributed by atoms with Gasteiger partial charge < -0.3 is 5.73 Å². The molecule has 0 aromatic rings. The molecule has 0 aromatic heterocycles. The average molecular weight is 211 g/mol. The highest BCUT2D eigenvalue weighted by Crippen LogP contribution is 2.41. The molecule has 0 bridgehead atoms. The first-order chi connectivity index (χ1) is 6.87. The van der Waals surface area contributed by atoms with Gasteiger partial charge in [0.15, 0.2) is 0 Å². The maximum absolute atomic E-state index is 6.45. The fourth-order valence-electron chi connectivity index (χ4n) is 2.84. The topological polar surface area (TPSA) is 26.0 Å². The largest absolute Gasteiger partial charge is 0.325 e. The van der Waals surface area contributed by atoms with Crippen LogP contribution in [0.2, 0.25) is 0 Å². The summed E-state index contributed by atoms with van der Waals surface area (Å²) in [5, 5.41) is 0. The molecule has 1 rings (SSSR count). The normalized spacial score (nSPS) is 33.0. The molecule has 0 saturated heterocycles. The van der Waals surface area contributed by atoms with Crippen LogP contribution < -0.4 is 5.73 Å². The van der Waals surface area contributed by atoms with Crippen molar-refractivity contribution in [1.29, 1.82) is 0 Å². The molecule has 0 radical (unpaired) electrons. The second-order valence-electron chi connectivity index (χ2n) is 6.61. The van der Waals surface area contributed by atoms with E-state index in [1.165, 1.54) is 44.9 Å². The summed E-state index contributed by atoms with van der Waals surface area (Å²) in [5.74, 6) is 0.885. The van der Waals surface area contributed by atoms with Gasteiger partial charge in [0.2, 0.25) is 0 Å². The zero-order valence-corrected chi connectivity index (χ0v) is 11.1. The summed E-state index contributed by atoms with van der Waals surface area (Å²) in [6.45, 7) is 9.36. The Kier molecular flexibility index (Phi) is 4.22. The van der Waals surface area contributed by atoms with E-state index in [0.717, 1.165) is 5.92 Å². The van der Waals surface area contributed by atoms with Crippen molar-refractivity contribution in [2.45, 2.75) is 78.2 Å². The summed E-state index contributed by atoms with van der Waals surface area (Å²) in [4.78, 5) is 0. The van der Waals surface area contributed by atoms with Crippen molar-refractivity contribution >= 4 is 0 Å². The first-order valence-electron chi connectivity index (χ1n) is 6.66. The molecule has 0 spiro atoms. The lowest BCUT2D eigenvalue weighted by Gasteiger charge is -2.42. The van der Waals surface area contributed by atoms with Crippen molar-refractivity contribution < 1.29 is 0 Å². The summed E-state index contributed by atoms with van der Waals surface area (Å²) < 4.78 is 0. The van der Waals surface area contributed by atoms with Crippen molar-refractivity contribution in [3.05, 3.63) is 0 Å². The van der Waals surface area contributed by atoms with Crippen molar-refractivity contribution in [3.63, 3.8) is 0 Å². The Morgan fingerprint density at radius 1 is 1.20 bits per heavy atom. The van der Waals surface area contributed by atoms with Gasteiger partial charge in [-0.3, -0.25) is 0 Å². The quantitative estimate of drug-likeness (QED) is 0.747. The van der Waals surface area contributed by atoms with E-state index in [0.29, 0.717) is 5.41 Å². The molecule has 15 heavy (non-hydrogen) atoms.